The maximum absolute atomic E-state index is 13.4. The molecule has 4 aromatic rings. The Labute approximate surface area is 162 Å². The highest BCUT2D eigenvalue weighted by Crippen LogP contribution is 2.32. The molecule has 1 unspecified atom stereocenters. The topological polar surface area (TPSA) is 66.8 Å². The molecule has 0 saturated carbocycles. The SMILES string of the molecule is O=C(c1cccc(-n2cccn2)c1)N1CCCCC1c1nc2ccccc2[nH]1. The summed E-state index contributed by atoms with van der Waals surface area (Å²) in [5.74, 6) is 0.914. The molecule has 6 nitrogen and oxygen atoms in total. The molecule has 1 fully saturated rings. The summed E-state index contributed by atoms with van der Waals surface area (Å²) in [6.07, 6.45) is 6.64. The second-order valence-corrected chi connectivity index (χ2v) is 7.15. The molecule has 1 amide bonds. The van der Waals surface area contributed by atoms with E-state index >= 15 is 0 Å². The van der Waals surface area contributed by atoms with Crippen molar-refractivity contribution in [3.8, 4) is 5.69 Å². The molecule has 0 bridgehead atoms. The summed E-state index contributed by atoms with van der Waals surface area (Å²) < 4.78 is 1.77. The van der Waals surface area contributed by atoms with E-state index in [4.69, 9.17) is 4.98 Å². The number of nitrogens with one attached hydrogen (secondary N) is 1. The molecule has 1 aliphatic heterocycles. The number of piperidine rings is 1. The van der Waals surface area contributed by atoms with Crippen LogP contribution in [0.5, 0.6) is 0 Å². The van der Waals surface area contributed by atoms with Crippen LogP contribution < -0.4 is 0 Å². The molecular formula is C22H21N5O. The van der Waals surface area contributed by atoms with Crippen molar-refractivity contribution >= 4 is 16.9 Å². The van der Waals surface area contributed by atoms with E-state index in [9.17, 15) is 4.79 Å². The zero-order valence-corrected chi connectivity index (χ0v) is 15.5. The van der Waals surface area contributed by atoms with E-state index in [0.717, 1.165) is 48.4 Å². The van der Waals surface area contributed by atoms with Gasteiger partial charge in [-0.05, 0) is 55.7 Å². The van der Waals surface area contributed by atoms with Crippen molar-refractivity contribution in [2.75, 3.05) is 6.54 Å². The lowest BCUT2D eigenvalue weighted by atomic mass is 10.00. The lowest BCUT2D eigenvalue weighted by Crippen LogP contribution is -2.39. The molecule has 1 N–H and O–H groups in total. The van der Waals surface area contributed by atoms with Gasteiger partial charge < -0.3 is 9.88 Å². The zero-order chi connectivity index (χ0) is 18.9. The number of imidazole rings is 1. The van der Waals surface area contributed by atoms with E-state index in [1.54, 1.807) is 10.9 Å². The molecule has 0 radical (unpaired) electrons. The minimum Gasteiger partial charge on any atom is -0.340 e. The Morgan fingerprint density at radius 2 is 2.00 bits per heavy atom. The molecule has 6 heteroatoms. The Balaban J connectivity index is 1.48. The summed E-state index contributed by atoms with van der Waals surface area (Å²) >= 11 is 0. The van der Waals surface area contributed by atoms with Gasteiger partial charge in [-0.15, -0.1) is 0 Å². The van der Waals surface area contributed by atoms with Crippen molar-refractivity contribution in [1.82, 2.24) is 24.6 Å². The van der Waals surface area contributed by atoms with E-state index in [1.807, 2.05) is 65.7 Å². The average Bonchev–Trinajstić information content (AvgIpc) is 3.43. The van der Waals surface area contributed by atoms with Gasteiger partial charge in [0.2, 0.25) is 0 Å². The molecule has 0 spiro atoms. The molecule has 0 aliphatic carbocycles. The Morgan fingerprint density at radius 1 is 1.07 bits per heavy atom. The molecule has 5 rings (SSSR count). The summed E-state index contributed by atoms with van der Waals surface area (Å²) in [6, 6.07) is 17.5. The minimum atomic E-state index is -0.0259. The van der Waals surface area contributed by atoms with Gasteiger partial charge in [0.1, 0.15) is 5.82 Å². The summed E-state index contributed by atoms with van der Waals surface area (Å²) in [5, 5.41) is 4.26. The van der Waals surface area contributed by atoms with E-state index in [0.29, 0.717) is 5.56 Å². The molecular weight excluding hydrogens is 350 g/mol. The van der Waals surface area contributed by atoms with Crippen molar-refractivity contribution in [2.45, 2.75) is 25.3 Å². The highest BCUT2D eigenvalue weighted by molar-refractivity contribution is 5.95. The van der Waals surface area contributed by atoms with E-state index in [1.165, 1.54) is 0 Å². The van der Waals surface area contributed by atoms with Gasteiger partial charge in [-0.3, -0.25) is 4.79 Å². The molecule has 28 heavy (non-hydrogen) atoms. The van der Waals surface area contributed by atoms with Gasteiger partial charge in [-0.1, -0.05) is 18.2 Å². The van der Waals surface area contributed by atoms with E-state index in [2.05, 4.69) is 10.1 Å². The summed E-state index contributed by atoms with van der Waals surface area (Å²) in [5.41, 5.74) is 3.51. The third-order valence-electron chi connectivity index (χ3n) is 5.35. The quantitative estimate of drug-likeness (QED) is 0.589. The first-order valence-electron chi connectivity index (χ1n) is 9.65. The number of para-hydroxylation sites is 2. The second kappa shape index (κ2) is 6.96. The largest absolute Gasteiger partial charge is 0.340 e. The number of H-pyrrole nitrogens is 1. The molecule has 140 valence electrons. The van der Waals surface area contributed by atoms with E-state index in [-0.39, 0.29) is 11.9 Å². The van der Waals surface area contributed by atoms with Crippen molar-refractivity contribution in [1.29, 1.82) is 0 Å². The number of aromatic nitrogens is 4. The maximum Gasteiger partial charge on any atom is 0.254 e. The molecule has 1 atom stereocenters. The zero-order valence-electron chi connectivity index (χ0n) is 15.5. The lowest BCUT2D eigenvalue weighted by Gasteiger charge is -2.34. The summed E-state index contributed by atoms with van der Waals surface area (Å²) in [6.45, 7) is 0.743. The monoisotopic (exact) mass is 371 g/mol. The Kier molecular flexibility index (Phi) is 4.16. The number of rotatable bonds is 3. The van der Waals surface area contributed by atoms with Crippen molar-refractivity contribution in [3.05, 3.63) is 78.4 Å². The predicted molar refractivity (Wildman–Crippen MR) is 107 cm³/mol. The third-order valence-corrected chi connectivity index (χ3v) is 5.35. The second-order valence-electron chi connectivity index (χ2n) is 7.15. The van der Waals surface area contributed by atoms with Crippen molar-refractivity contribution in [3.63, 3.8) is 0 Å². The molecule has 2 aromatic carbocycles. The number of fused-ring (bicyclic) bond motifs is 1. The van der Waals surface area contributed by atoms with Crippen LogP contribution in [0.3, 0.4) is 0 Å². The van der Waals surface area contributed by atoms with Crippen molar-refractivity contribution < 1.29 is 4.79 Å². The van der Waals surface area contributed by atoms with Gasteiger partial charge in [0, 0.05) is 24.5 Å². The van der Waals surface area contributed by atoms with Crippen LogP contribution >= 0.6 is 0 Å². The van der Waals surface area contributed by atoms with Crippen LogP contribution in [-0.4, -0.2) is 37.1 Å². The van der Waals surface area contributed by atoms with Crippen LogP contribution in [0.4, 0.5) is 0 Å². The number of benzene rings is 2. The number of carbonyl (C=O) groups is 1. The van der Waals surface area contributed by atoms with E-state index < -0.39 is 0 Å². The highest BCUT2D eigenvalue weighted by atomic mass is 16.2. The smallest absolute Gasteiger partial charge is 0.254 e. The number of nitrogens with zero attached hydrogens (tertiary/aromatic N) is 4. The minimum absolute atomic E-state index is 0.0259. The molecule has 1 saturated heterocycles. The van der Waals surface area contributed by atoms with Crippen LogP contribution in [-0.2, 0) is 0 Å². The first kappa shape index (κ1) is 16.7. The molecule has 3 heterocycles. The van der Waals surface area contributed by atoms with Crippen LogP contribution in [0.1, 0.15) is 41.5 Å². The number of likely N-dealkylation sites (tertiary alicyclic amines) is 1. The average molecular weight is 371 g/mol. The number of hydrogen-bond donors (Lipinski definition) is 1. The highest BCUT2D eigenvalue weighted by Gasteiger charge is 2.31. The Bertz CT molecular complexity index is 1080. The molecule has 2 aromatic heterocycles. The first-order chi connectivity index (χ1) is 13.8. The fourth-order valence-corrected chi connectivity index (χ4v) is 3.96. The number of hydrogen-bond acceptors (Lipinski definition) is 3. The lowest BCUT2D eigenvalue weighted by molar-refractivity contribution is 0.0601. The summed E-state index contributed by atoms with van der Waals surface area (Å²) in [4.78, 5) is 23.5. The number of amides is 1. The van der Waals surface area contributed by atoms with Crippen LogP contribution in [0.2, 0.25) is 0 Å². The van der Waals surface area contributed by atoms with Crippen LogP contribution in [0.25, 0.3) is 16.7 Å². The van der Waals surface area contributed by atoms with Gasteiger partial charge in [-0.25, -0.2) is 9.67 Å². The summed E-state index contributed by atoms with van der Waals surface area (Å²) in [7, 11) is 0. The third kappa shape index (κ3) is 2.97. The Morgan fingerprint density at radius 3 is 2.86 bits per heavy atom. The fourth-order valence-electron chi connectivity index (χ4n) is 3.96. The normalized spacial score (nSPS) is 17.1. The number of aromatic amines is 1. The van der Waals surface area contributed by atoms with Gasteiger partial charge in [0.15, 0.2) is 0 Å². The maximum atomic E-state index is 13.4. The van der Waals surface area contributed by atoms with Gasteiger partial charge in [-0.2, -0.15) is 5.10 Å². The van der Waals surface area contributed by atoms with Gasteiger partial charge >= 0.3 is 0 Å². The standard InChI is InChI=1S/C22H21N5O/c28-22(16-7-5-8-17(15-16)27-14-6-12-23-27)26-13-4-3-11-20(26)21-24-18-9-1-2-10-19(18)25-21/h1-2,5-10,12,14-15,20H,3-4,11,13H2,(H,24,25). The first-order valence-corrected chi connectivity index (χ1v) is 9.65. The number of carbonyl (C=O) groups excluding carboxylic acids is 1. The van der Waals surface area contributed by atoms with Crippen molar-refractivity contribution in [2.24, 2.45) is 0 Å². The van der Waals surface area contributed by atoms with Gasteiger partial charge in [0.25, 0.3) is 5.91 Å². The Hall–Kier alpha value is -3.41. The van der Waals surface area contributed by atoms with Crippen LogP contribution in [0, 0.1) is 0 Å². The fraction of sp³-hybridized carbons (Fsp3) is 0.227. The van der Waals surface area contributed by atoms with Crippen LogP contribution in [0.15, 0.2) is 67.0 Å². The van der Waals surface area contributed by atoms with Gasteiger partial charge in [0.05, 0.1) is 22.8 Å². The molecule has 1 aliphatic rings. The predicted octanol–water partition coefficient (Wildman–Crippen LogP) is 4.12.